The second-order valence-corrected chi connectivity index (χ2v) is 13.4. The van der Waals surface area contributed by atoms with Crippen molar-refractivity contribution in [1.29, 1.82) is 0 Å². The standard InChI is InChI=1S/C25H18F5N5O6S2/c1-3-42(37,38)19-10-11-20(35-23(36)34(13-31-35)15-6-4-14(2)5-7-15)33-21(19)22-32-17-12-16(8-9-18(17)41-22)43(39,40)25(29,30)24(26,27)28/h4-13H,3H2,1-2H3. The van der Waals surface area contributed by atoms with Gasteiger partial charge in [-0.3, -0.25) is 0 Å². The summed E-state index contributed by atoms with van der Waals surface area (Å²) in [6.45, 7) is 3.20. The van der Waals surface area contributed by atoms with Crippen LogP contribution in [0.5, 0.6) is 0 Å². The van der Waals surface area contributed by atoms with E-state index in [0.717, 1.165) is 22.4 Å². The largest absolute Gasteiger partial charge is 0.469 e. The van der Waals surface area contributed by atoms with Crippen LogP contribution in [0.4, 0.5) is 22.0 Å². The summed E-state index contributed by atoms with van der Waals surface area (Å²) in [5.41, 5.74) is -0.462. The van der Waals surface area contributed by atoms with Crippen LogP contribution in [-0.4, -0.2) is 58.3 Å². The fourth-order valence-electron chi connectivity index (χ4n) is 3.93. The molecule has 5 rings (SSSR count). The van der Waals surface area contributed by atoms with Gasteiger partial charge in [-0.2, -0.15) is 31.7 Å². The van der Waals surface area contributed by atoms with E-state index >= 15 is 0 Å². The summed E-state index contributed by atoms with van der Waals surface area (Å²) in [6.07, 6.45) is -5.18. The molecule has 2 aromatic carbocycles. The molecular weight excluding hydrogens is 625 g/mol. The number of hydrogen-bond donors (Lipinski definition) is 0. The zero-order valence-electron chi connectivity index (χ0n) is 21.9. The minimum absolute atomic E-state index is 0.170. The Hall–Kier alpha value is -4.45. The van der Waals surface area contributed by atoms with Gasteiger partial charge in [0.1, 0.15) is 17.5 Å². The van der Waals surface area contributed by atoms with E-state index < -0.39 is 69.4 Å². The van der Waals surface area contributed by atoms with Crippen LogP contribution < -0.4 is 5.69 Å². The van der Waals surface area contributed by atoms with Gasteiger partial charge in [-0.05, 0) is 49.4 Å². The Bertz CT molecular complexity index is 2150. The van der Waals surface area contributed by atoms with Crippen molar-refractivity contribution >= 4 is 30.8 Å². The van der Waals surface area contributed by atoms with E-state index in [-0.39, 0.29) is 11.4 Å². The molecule has 43 heavy (non-hydrogen) atoms. The molecule has 5 aromatic rings. The molecule has 0 saturated heterocycles. The lowest BCUT2D eigenvalue weighted by Gasteiger charge is -2.19. The number of pyridine rings is 1. The summed E-state index contributed by atoms with van der Waals surface area (Å²) in [4.78, 5) is 19.5. The number of aromatic nitrogens is 5. The van der Waals surface area contributed by atoms with Crippen LogP contribution in [0.25, 0.3) is 34.2 Å². The Morgan fingerprint density at radius 1 is 0.907 bits per heavy atom. The maximum atomic E-state index is 13.8. The first kappa shape index (κ1) is 30.0. The van der Waals surface area contributed by atoms with Gasteiger partial charge < -0.3 is 4.42 Å². The van der Waals surface area contributed by atoms with Crippen LogP contribution in [0.15, 0.2) is 79.9 Å². The number of sulfone groups is 2. The maximum Gasteiger partial charge on any atom is 0.469 e. The van der Waals surface area contributed by atoms with Crippen molar-refractivity contribution in [3.8, 4) is 23.1 Å². The molecule has 0 aliphatic heterocycles. The summed E-state index contributed by atoms with van der Waals surface area (Å²) in [6, 6.07) is 10.9. The molecule has 0 aliphatic carbocycles. The van der Waals surface area contributed by atoms with Crippen LogP contribution in [0, 0.1) is 6.92 Å². The van der Waals surface area contributed by atoms with Gasteiger partial charge in [0.25, 0.3) is 9.84 Å². The molecule has 0 saturated carbocycles. The highest BCUT2D eigenvalue weighted by Gasteiger charge is 2.67. The monoisotopic (exact) mass is 643 g/mol. The molecule has 18 heteroatoms. The highest BCUT2D eigenvalue weighted by molar-refractivity contribution is 7.92. The quantitative estimate of drug-likeness (QED) is 0.237. The van der Waals surface area contributed by atoms with E-state index in [1.54, 1.807) is 24.3 Å². The fourth-order valence-corrected chi connectivity index (χ4v) is 6.06. The first-order chi connectivity index (χ1) is 20.0. The van der Waals surface area contributed by atoms with Crippen LogP contribution in [0.1, 0.15) is 12.5 Å². The van der Waals surface area contributed by atoms with Crippen molar-refractivity contribution < 1.29 is 43.2 Å². The lowest BCUT2D eigenvalue weighted by molar-refractivity contribution is -0.241. The molecule has 0 unspecified atom stereocenters. The number of fused-ring (bicyclic) bond motifs is 1. The molecule has 0 bridgehead atoms. The molecule has 0 amide bonds. The minimum atomic E-state index is -6.39. The first-order valence-corrected chi connectivity index (χ1v) is 15.2. The SMILES string of the molecule is CCS(=O)(=O)c1ccc(-n2ncn(-c3ccc(C)cc3)c2=O)nc1-c1nc2cc(S(=O)(=O)C(F)(F)C(F)(F)F)ccc2o1. The van der Waals surface area contributed by atoms with E-state index in [1.165, 1.54) is 23.9 Å². The number of rotatable bonds is 7. The molecule has 3 aromatic heterocycles. The van der Waals surface area contributed by atoms with Crippen molar-refractivity contribution in [2.24, 2.45) is 0 Å². The van der Waals surface area contributed by atoms with Crippen molar-refractivity contribution in [3.05, 3.63) is 77.0 Å². The van der Waals surface area contributed by atoms with Gasteiger partial charge in [0.05, 0.1) is 21.2 Å². The van der Waals surface area contributed by atoms with Gasteiger partial charge in [0.2, 0.25) is 5.89 Å². The maximum absolute atomic E-state index is 13.8. The van der Waals surface area contributed by atoms with E-state index in [9.17, 15) is 43.6 Å². The molecule has 0 fully saturated rings. The van der Waals surface area contributed by atoms with Gasteiger partial charge in [-0.25, -0.2) is 36.2 Å². The highest BCUT2D eigenvalue weighted by atomic mass is 32.2. The van der Waals surface area contributed by atoms with Gasteiger partial charge in [-0.15, -0.1) is 0 Å². The molecular formula is C25H18F5N5O6S2. The van der Waals surface area contributed by atoms with Gasteiger partial charge in [0, 0.05) is 0 Å². The molecule has 0 N–H and O–H groups in total. The number of benzene rings is 2. The molecule has 0 atom stereocenters. The summed E-state index contributed by atoms with van der Waals surface area (Å²) in [5.74, 6) is -1.12. The van der Waals surface area contributed by atoms with Crippen LogP contribution in [0.2, 0.25) is 0 Å². The van der Waals surface area contributed by atoms with Gasteiger partial charge in [-0.1, -0.05) is 24.6 Å². The van der Waals surface area contributed by atoms with E-state index in [4.69, 9.17) is 4.42 Å². The van der Waals surface area contributed by atoms with Crippen molar-refractivity contribution in [3.63, 3.8) is 0 Å². The second-order valence-electron chi connectivity index (χ2n) is 9.12. The molecule has 0 radical (unpaired) electrons. The summed E-state index contributed by atoms with van der Waals surface area (Å²) in [5, 5.41) is -2.07. The molecule has 0 aliphatic rings. The zero-order chi connectivity index (χ0) is 31.5. The smallest absolute Gasteiger partial charge is 0.435 e. The normalized spacial score (nSPS) is 13.1. The lowest BCUT2D eigenvalue weighted by Crippen LogP contribution is -2.43. The number of oxazole rings is 1. The Morgan fingerprint density at radius 3 is 2.21 bits per heavy atom. The first-order valence-electron chi connectivity index (χ1n) is 12.1. The third kappa shape index (κ3) is 4.99. The van der Waals surface area contributed by atoms with Crippen LogP contribution >= 0.6 is 0 Å². The Labute approximate surface area is 239 Å². The number of nitrogens with zero attached hydrogens (tertiary/aromatic N) is 5. The predicted molar refractivity (Wildman–Crippen MR) is 141 cm³/mol. The van der Waals surface area contributed by atoms with Crippen LogP contribution in [-0.2, 0) is 19.7 Å². The number of halogens is 5. The lowest BCUT2D eigenvalue weighted by atomic mass is 10.2. The van der Waals surface area contributed by atoms with E-state index in [1.807, 2.05) is 6.92 Å². The molecule has 3 heterocycles. The van der Waals surface area contributed by atoms with Gasteiger partial charge >= 0.3 is 17.1 Å². The van der Waals surface area contributed by atoms with Crippen LogP contribution in [0.3, 0.4) is 0 Å². The summed E-state index contributed by atoms with van der Waals surface area (Å²) in [7, 11) is -10.3. The predicted octanol–water partition coefficient (Wildman–Crippen LogP) is 4.26. The average molecular weight is 644 g/mol. The highest BCUT2D eigenvalue weighted by Crippen LogP contribution is 2.43. The summed E-state index contributed by atoms with van der Waals surface area (Å²) >= 11 is 0. The van der Waals surface area contributed by atoms with Gasteiger partial charge in [0.15, 0.2) is 21.2 Å². The Morgan fingerprint density at radius 2 is 1.58 bits per heavy atom. The van der Waals surface area contributed by atoms with Crippen molar-refractivity contribution in [1.82, 2.24) is 24.3 Å². The third-order valence-electron chi connectivity index (χ3n) is 6.30. The molecule has 226 valence electrons. The van der Waals surface area contributed by atoms with Crippen molar-refractivity contribution in [2.75, 3.05) is 5.75 Å². The molecule has 0 spiro atoms. The van der Waals surface area contributed by atoms with E-state index in [2.05, 4.69) is 15.1 Å². The number of hydrogen-bond acceptors (Lipinski definition) is 9. The average Bonchev–Trinajstić information content (AvgIpc) is 3.55. The molecule has 11 nitrogen and oxygen atoms in total. The zero-order valence-corrected chi connectivity index (χ0v) is 23.5. The van der Waals surface area contributed by atoms with E-state index in [0.29, 0.717) is 17.8 Å². The minimum Gasteiger partial charge on any atom is -0.435 e. The topological polar surface area (TPSA) is 147 Å². The Kier molecular flexibility index (Phi) is 7.04. The second kappa shape index (κ2) is 10.1. The number of alkyl halides is 5. The Balaban J connectivity index is 1.65. The van der Waals surface area contributed by atoms with Crippen molar-refractivity contribution in [2.45, 2.75) is 35.1 Å². The summed E-state index contributed by atoms with van der Waals surface area (Å²) < 4.78 is 124. The fraction of sp³-hybridized carbons (Fsp3) is 0.200. The third-order valence-corrected chi connectivity index (χ3v) is 9.84. The number of aryl methyl sites for hydroxylation is 1.